The molecular formula is C16H13BrFN3O3. The first-order valence-corrected chi connectivity index (χ1v) is 7.59. The molecule has 2 amide bonds. The van der Waals surface area contributed by atoms with E-state index in [0.717, 1.165) is 10.5 Å². The normalized spacial score (nSPS) is 10.6. The lowest BCUT2D eigenvalue weighted by Gasteiger charge is -2.04. The van der Waals surface area contributed by atoms with Gasteiger partial charge in [-0.1, -0.05) is 22.0 Å². The maximum absolute atomic E-state index is 13.0. The zero-order valence-electron chi connectivity index (χ0n) is 12.3. The molecule has 0 radical (unpaired) electrons. The van der Waals surface area contributed by atoms with Crippen molar-refractivity contribution in [3.63, 3.8) is 0 Å². The Morgan fingerprint density at radius 3 is 2.79 bits per heavy atom. The number of halogens is 2. The van der Waals surface area contributed by atoms with Crippen molar-refractivity contribution in [2.24, 2.45) is 5.10 Å². The van der Waals surface area contributed by atoms with Gasteiger partial charge in [0.15, 0.2) is 0 Å². The zero-order chi connectivity index (χ0) is 17.5. The lowest BCUT2D eigenvalue weighted by Crippen LogP contribution is -2.34. The van der Waals surface area contributed by atoms with Gasteiger partial charge in [0, 0.05) is 15.6 Å². The van der Waals surface area contributed by atoms with E-state index in [1.54, 1.807) is 12.1 Å². The van der Waals surface area contributed by atoms with Gasteiger partial charge in [-0.25, -0.2) is 9.82 Å². The van der Waals surface area contributed by atoms with Crippen LogP contribution < -0.4 is 10.7 Å². The Morgan fingerprint density at radius 1 is 1.25 bits per heavy atom. The van der Waals surface area contributed by atoms with Crippen LogP contribution in [0, 0.1) is 5.82 Å². The van der Waals surface area contributed by atoms with E-state index in [9.17, 15) is 19.1 Å². The zero-order valence-corrected chi connectivity index (χ0v) is 13.9. The van der Waals surface area contributed by atoms with Crippen LogP contribution >= 0.6 is 15.9 Å². The largest absolute Gasteiger partial charge is 0.507 e. The summed E-state index contributed by atoms with van der Waals surface area (Å²) in [5.74, 6) is -1.66. The van der Waals surface area contributed by atoms with Gasteiger partial charge in [0.2, 0.25) is 0 Å². The van der Waals surface area contributed by atoms with Gasteiger partial charge in [-0.3, -0.25) is 9.59 Å². The van der Waals surface area contributed by atoms with Crippen molar-refractivity contribution in [3.05, 3.63) is 63.9 Å². The average Bonchev–Trinajstić information content (AvgIpc) is 2.56. The van der Waals surface area contributed by atoms with Crippen LogP contribution in [0.3, 0.4) is 0 Å². The summed E-state index contributed by atoms with van der Waals surface area (Å²) in [4.78, 5) is 23.3. The molecule has 0 aliphatic heterocycles. The quantitative estimate of drug-likeness (QED) is 0.536. The Bertz CT molecular complexity index is 796. The highest BCUT2D eigenvalue weighted by Gasteiger charge is 2.08. The van der Waals surface area contributed by atoms with E-state index in [1.807, 2.05) is 0 Å². The van der Waals surface area contributed by atoms with E-state index in [0.29, 0.717) is 5.56 Å². The third-order valence-corrected chi connectivity index (χ3v) is 3.37. The van der Waals surface area contributed by atoms with Crippen LogP contribution in [0.25, 0.3) is 0 Å². The van der Waals surface area contributed by atoms with Crippen LogP contribution in [-0.2, 0) is 4.79 Å². The van der Waals surface area contributed by atoms with Crippen LogP contribution in [0.4, 0.5) is 4.39 Å². The number of phenols is 1. The number of amides is 2. The number of carbonyl (C=O) groups excluding carboxylic acids is 2. The molecule has 0 heterocycles. The number of nitrogens with zero attached hydrogens (tertiary/aromatic N) is 1. The van der Waals surface area contributed by atoms with Gasteiger partial charge in [0.25, 0.3) is 11.8 Å². The number of hydrazone groups is 1. The number of benzene rings is 2. The van der Waals surface area contributed by atoms with Gasteiger partial charge in [-0.15, -0.1) is 0 Å². The van der Waals surface area contributed by atoms with Gasteiger partial charge in [-0.2, -0.15) is 5.10 Å². The van der Waals surface area contributed by atoms with Crippen LogP contribution in [-0.4, -0.2) is 29.7 Å². The number of hydrogen-bond donors (Lipinski definition) is 3. The SMILES string of the molecule is O=C(CNC(=O)c1cccc(F)c1)N/N=C\c1cc(Br)ccc1O. The maximum atomic E-state index is 13.0. The third-order valence-electron chi connectivity index (χ3n) is 2.88. The van der Waals surface area contributed by atoms with Crippen molar-refractivity contribution < 1.29 is 19.1 Å². The first-order valence-electron chi connectivity index (χ1n) is 6.80. The second kappa shape index (κ2) is 8.21. The van der Waals surface area contributed by atoms with Crippen LogP contribution in [0.15, 0.2) is 52.0 Å². The predicted octanol–water partition coefficient (Wildman–Crippen LogP) is 2.17. The maximum Gasteiger partial charge on any atom is 0.259 e. The Labute approximate surface area is 145 Å². The molecule has 0 saturated carbocycles. The monoisotopic (exact) mass is 393 g/mol. The highest BCUT2D eigenvalue weighted by molar-refractivity contribution is 9.10. The molecule has 6 nitrogen and oxygen atoms in total. The third kappa shape index (κ3) is 5.17. The molecule has 2 aromatic rings. The molecule has 0 unspecified atom stereocenters. The molecule has 0 aromatic heterocycles. The van der Waals surface area contributed by atoms with Gasteiger partial charge >= 0.3 is 0 Å². The van der Waals surface area contributed by atoms with E-state index in [4.69, 9.17) is 0 Å². The summed E-state index contributed by atoms with van der Waals surface area (Å²) in [7, 11) is 0. The van der Waals surface area contributed by atoms with Crippen LogP contribution in [0.1, 0.15) is 15.9 Å². The van der Waals surface area contributed by atoms with Crippen molar-refractivity contribution in [2.75, 3.05) is 6.54 Å². The fourth-order valence-corrected chi connectivity index (χ4v) is 2.11. The van der Waals surface area contributed by atoms with E-state index in [2.05, 4.69) is 31.8 Å². The number of carbonyl (C=O) groups is 2. The number of aromatic hydroxyl groups is 1. The lowest BCUT2D eigenvalue weighted by molar-refractivity contribution is -0.120. The Balaban J connectivity index is 1.84. The Hall–Kier alpha value is -2.74. The summed E-state index contributed by atoms with van der Waals surface area (Å²) in [5.41, 5.74) is 2.74. The molecule has 2 rings (SSSR count). The van der Waals surface area contributed by atoms with Crippen molar-refractivity contribution in [2.45, 2.75) is 0 Å². The Morgan fingerprint density at radius 2 is 2.04 bits per heavy atom. The van der Waals surface area contributed by atoms with E-state index in [-0.39, 0.29) is 17.9 Å². The van der Waals surface area contributed by atoms with Crippen LogP contribution in [0.2, 0.25) is 0 Å². The Kier molecular flexibility index (Phi) is 6.02. The molecule has 8 heteroatoms. The van der Waals surface area contributed by atoms with Gasteiger partial charge in [0.1, 0.15) is 11.6 Å². The first kappa shape index (κ1) is 17.6. The summed E-state index contributed by atoms with van der Waals surface area (Å²) >= 11 is 3.25. The van der Waals surface area contributed by atoms with Crippen molar-refractivity contribution in [3.8, 4) is 5.75 Å². The fraction of sp³-hybridized carbons (Fsp3) is 0.0625. The standard InChI is InChI=1S/C16H13BrFN3O3/c17-12-4-5-14(22)11(6-12)8-20-21-15(23)9-19-16(24)10-2-1-3-13(18)7-10/h1-8,22H,9H2,(H,19,24)(H,21,23)/b20-8-. The number of phenolic OH excluding ortho intramolecular Hbond substituents is 1. The number of rotatable bonds is 5. The first-order chi connectivity index (χ1) is 11.5. The topological polar surface area (TPSA) is 90.8 Å². The van der Waals surface area contributed by atoms with E-state index in [1.165, 1.54) is 30.5 Å². The molecule has 3 N–H and O–H groups in total. The van der Waals surface area contributed by atoms with E-state index < -0.39 is 17.6 Å². The van der Waals surface area contributed by atoms with Crippen molar-refractivity contribution >= 4 is 34.0 Å². The smallest absolute Gasteiger partial charge is 0.259 e. The molecule has 2 aromatic carbocycles. The fourth-order valence-electron chi connectivity index (χ4n) is 1.73. The minimum atomic E-state index is -0.571. The molecular weight excluding hydrogens is 381 g/mol. The number of hydrogen-bond acceptors (Lipinski definition) is 4. The van der Waals surface area contributed by atoms with Crippen molar-refractivity contribution in [1.82, 2.24) is 10.7 Å². The predicted molar refractivity (Wildman–Crippen MR) is 90.3 cm³/mol. The minimum Gasteiger partial charge on any atom is -0.507 e. The average molecular weight is 394 g/mol. The van der Waals surface area contributed by atoms with Gasteiger partial charge in [-0.05, 0) is 36.4 Å². The molecule has 0 atom stereocenters. The summed E-state index contributed by atoms with van der Waals surface area (Å²) in [6.45, 7) is -0.322. The molecule has 0 aliphatic rings. The number of nitrogens with one attached hydrogen (secondary N) is 2. The second-order valence-corrected chi connectivity index (χ2v) is 5.61. The molecule has 124 valence electrons. The lowest BCUT2D eigenvalue weighted by atomic mass is 10.2. The molecule has 0 spiro atoms. The van der Waals surface area contributed by atoms with Crippen LogP contribution in [0.5, 0.6) is 5.75 Å². The summed E-state index contributed by atoms with van der Waals surface area (Å²) in [5, 5.41) is 15.7. The summed E-state index contributed by atoms with van der Waals surface area (Å²) in [6, 6.07) is 9.89. The molecule has 0 saturated heterocycles. The summed E-state index contributed by atoms with van der Waals surface area (Å²) in [6.07, 6.45) is 1.27. The molecule has 0 aliphatic carbocycles. The highest BCUT2D eigenvalue weighted by atomic mass is 79.9. The van der Waals surface area contributed by atoms with Crippen molar-refractivity contribution in [1.29, 1.82) is 0 Å². The van der Waals surface area contributed by atoms with Gasteiger partial charge in [0.05, 0.1) is 12.8 Å². The highest BCUT2D eigenvalue weighted by Crippen LogP contribution is 2.19. The summed E-state index contributed by atoms with van der Waals surface area (Å²) < 4.78 is 13.8. The van der Waals surface area contributed by atoms with E-state index >= 15 is 0 Å². The molecule has 24 heavy (non-hydrogen) atoms. The molecule has 0 bridgehead atoms. The van der Waals surface area contributed by atoms with Gasteiger partial charge < -0.3 is 10.4 Å². The molecule has 0 fully saturated rings. The second-order valence-electron chi connectivity index (χ2n) is 4.69. The minimum absolute atomic E-state index is 0.00982.